The molecule has 31 heavy (non-hydrogen) atoms. The minimum atomic E-state index is -0.0371. The Balaban J connectivity index is 1.89. The fraction of sp³-hybridized carbons (Fsp3) is 0.360. The summed E-state index contributed by atoms with van der Waals surface area (Å²) in [5.41, 5.74) is 2.89. The molecule has 1 fully saturated rings. The summed E-state index contributed by atoms with van der Waals surface area (Å²) in [6.45, 7) is 10.9. The van der Waals surface area contributed by atoms with Gasteiger partial charge in [-0.1, -0.05) is 37.6 Å². The molecule has 1 aliphatic rings. The van der Waals surface area contributed by atoms with Crippen molar-refractivity contribution in [3.8, 4) is 11.5 Å². The average molecular weight is 439 g/mol. The van der Waals surface area contributed by atoms with E-state index in [1.165, 1.54) is 17.3 Å². The molecule has 1 saturated heterocycles. The first-order valence-electron chi connectivity index (χ1n) is 10.5. The van der Waals surface area contributed by atoms with Gasteiger partial charge in [0.05, 0.1) is 24.3 Å². The minimum absolute atomic E-state index is 0.0106. The van der Waals surface area contributed by atoms with Gasteiger partial charge in [-0.2, -0.15) is 0 Å². The van der Waals surface area contributed by atoms with Crippen LogP contribution in [0.3, 0.4) is 0 Å². The van der Waals surface area contributed by atoms with Crippen LogP contribution in [0.5, 0.6) is 11.5 Å². The van der Waals surface area contributed by atoms with E-state index in [2.05, 4.69) is 13.8 Å². The number of aryl methyl sites for hydroxylation is 1. The van der Waals surface area contributed by atoms with Crippen LogP contribution in [0.15, 0.2) is 52.4 Å². The van der Waals surface area contributed by atoms with Gasteiger partial charge in [0, 0.05) is 6.04 Å². The summed E-state index contributed by atoms with van der Waals surface area (Å²) in [5, 5.41) is 0.693. The van der Waals surface area contributed by atoms with Crippen molar-refractivity contribution in [3.63, 3.8) is 0 Å². The summed E-state index contributed by atoms with van der Waals surface area (Å²) in [4.78, 5) is 20.2. The van der Waals surface area contributed by atoms with Gasteiger partial charge in [0.1, 0.15) is 0 Å². The second-order valence-corrected chi connectivity index (χ2v) is 9.23. The van der Waals surface area contributed by atoms with Crippen LogP contribution < -0.4 is 9.47 Å². The van der Waals surface area contributed by atoms with E-state index in [-0.39, 0.29) is 11.9 Å². The number of rotatable bonds is 7. The lowest BCUT2D eigenvalue weighted by Gasteiger charge is -2.19. The highest BCUT2D eigenvalue weighted by Crippen LogP contribution is 2.37. The molecule has 0 aliphatic carbocycles. The van der Waals surface area contributed by atoms with Crippen LogP contribution in [-0.4, -0.2) is 35.7 Å². The molecule has 1 heterocycles. The average Bonchev–Trinajstić information content (AvgIpc) is 3.03. The van der Waals surface area contributed by atoms with Crippen molar-refractivity contribution in [2.45, 2.75) is 40.7 Å². The minimum Gasteiger partial charge on any atom is -0.493 e. The van der Waals surface area contributed by atoms with Crippen LogP contribution in [0.2, 0.25) is 0 Å². The van der Waals surface area contributed by atoms with E-state index in [9.17, 15) is 4.79 Å². The van der Waals surface area contributed by atoms with E-state index in [1.54, 1.807) is 12.0 Å². The van der Waals surface area contributed by atoms with E-state index in [1.807, 2.05) is 69.3 Å². The molecule has 1 aliphatic heterocycles. The van der Waals surface area contributed by atoms with Crippen LogP contribution in [0.25, 0.3) is 6.08 Å². The van der Waals surface area contributed by atoms with E-state index in [0.29, 0.717) is 34.1 Å². The molecule has 164 valence electrons. The predicted molar refractivity (Wildman–Crippen MR) is 129 cm³/mol. The summed E-state index contributed by atoms with van der Waals surface area (Å²) in [6.07, 6.45) is 1.88. The third-order valence-corrected chi connectivity index (χ3v) is 5.65. The smallest absolute Gasteiger partial charge is 0.266 e. The molecule has 0 radical (unpaired) electrons. The largest absolute Gasteiger partial charge is 0.493 e. The number of ether oxygens (including phenoxy) is 2. The molecule has 2 aromatic carbocycles. The number of thioether (sulfide) groups is 1. The highest BCUT2D eigenvalue weighted by atomic mass is 32.2. The van der Waals surface area contributed by atoms with Gasteiger partial charge in [0.2, 0.25) is 0 Å². The molecule has 0 bridgehead atoms. The fourth-order valence-corrected chi connectivity index (χ4v) is 4.17. The molecule has 0 saturated carbocycles. The lowest BCUT2D eigenvalue weighted by atomic mass is 10.1. The molecule has 0 aromatic heterocycles. The number of hydrogen-bond acceptors (Lipinski definition) is 5. The summed E-state index contributed by atoms with van der Waals surface area (Å²) < 4.78 is 11.3. The number of amidine groups is 1. The highest BCUT2D eigenvalue weighted by Gasteiger charge is 2.35. The SMILES string of the molecule is COc1cc(/C=C2/SC(=Nc3ccc(C)cc3)N(C(C)C)C2=O)ccc1OCC(C)C. The maximum Gasteiger partial charge on any atom is 0.266 e. The first-order valence-corrected chi connectivity index (χ1v) is 11.3. The normalized spacial score (nSPS) is 16.8. The number of amides is 1. The Morgan fingerprint density at radius 3 is 2.39 bits per heavy atom. The van der Waals surface area contributed by atoms with Gasteiger partial charge in [-0.3, -0.25) is 9.69 Å². The third kappa shape index (κ3) is 5.70. The first kappa shape index (κ1) is 22.9. The van der Waals surface area contributed by atoms with Gasteiger partial charge in [-0.25, -0.2) is 4.99 Å². The molecule has 0 N–H and O–H groups in total. The molecular weight excluding hydrogens is 408 g/mol. The standard InChI is InChI=1S/C25H30N2O3S/c1-16(2)15-30-21-12-9-19(13-22(21)29-6)14-23-24(28)27(17(3)4)25(31-23)26-20-10-7-18(5)8-11-20/h7-14,16-17H,15H2,1-6H3/b23-14+,26-25?. The molecule has 0 unspecified atom stereocenters. The van der Waals surface area contributed by atoms with Gasteiger partial charge in [-0.15, -0.1) is 0 Å². The van der Waals surface area contributed by atoms with Gasteiger partial charge >= 0.3 is 0 Å². The topological polar surface area (TPSA) is 51.1 Å². The van der Waals surface area contributed by atoms with Crippen molar-refractivity contribution in [2.24, 2.45) is 10.9 Å². The van der Waals surface area contributed by atoms with E-state index in [0.717, 1.165) is 11.3 Å². The number of carbonyl (C=O) groups excluding carboxylic acids is 1. The quantitative estimate of drug-likeness (QED) is 0.494. The van der Waals surface area contributed by atoms with E-state index >= 15 is 0 Å². The Bertz CT molecular complexity index is 994. The number of hydrogen-bond donors (Lipinski definition) is 0. The van der Waals surface area contributed by atoms with Crippen LogP contribution in [0, 0.1) is 12.8 Å². The van der Waals surface area contributed by atoms with E-state index < -0.39 is 0 Å². The Labute approximate surface area is 189 Å². The van der Waals surface area contributed by atoms with Crippen molar-refractivity contribution in [1.82, 2.24) is 4.90 Å². The number of aliphatic imine (C=N–C) groups is 1. The molecule has 5 nitrogen and oxygen atoms in total. The second-order valence-electron chi connectivity index (χ2n) is 8.22. The van der Waals surface area contributed by atoms with Crippen molar-refractivity contribution < 1.29 is 14.3 Å². The van der Waals surface area contributed by atoms with Crippen molar-refractivity contribution in [1.29, 1.82) is 0 Å². The summed E-state index contributed by atoms with van der Waals surface area (Å²) >= 11 is 1.40. The molecule has 0 atom stereocenters. The molecule has 3 rings (SSSR count). The van der Waals surface area contributed by atoms with Crippen molar-refractivity contribution in [3.05, 3.63) is 58.5 Å². The first-order chi connectivity index (χ1) is 14.8. The number of benzene rings is 2. The highest BCUT2D eigenvalue weighted by molar-refractivity contribution is 8.18. The van der Waals surface area contributed by atoms with Crippen molar-refractivity contribution >= 4 is 34.6 Å². The molecule has 6 heteroatoms. The third-order valence-electron chi connectivity index (χ3n) is 4.67. The molecule has 2 aromatic rings. The summed E-state index contributed by atoms with van der Waals surface area (Å²) in [5.74, 6) is 1.74. The van der Waals surface area contributed by atoms with Gasteiger partial charge in [-0.05, 0) is 74.4 Å². The zero-order valence-corrected chi connectivity index (χ0v) is 19.8. The Morgan fingerprint density at radius 2 is 1.77 bits per heavy atom. The Hall–Kier alpha value is -2.73. The van der Waals surface area contributed by atoms with E-state index in [4.69, 9.17) is 14.5 Å². The van der Waals surface area contributed by atoms with Gasteiger partial charge < -0.3 is 9.47 Å². The lowest BCUT2D eigenvalue weighted by molar-refractivity contribution is -0.123. The van der Waals surface area contributed by atoms with Gasteiger partial charge in [0.15, 0.2) is 16.7 Å². The zero-order chi connectivity index (χ0) is 22.5. The number of methoxy groups -OCH3 is 1. The van der Waals surface area contributed by atoms with Gasteiger partial charge in [0.25, 0.3) is 5.91 Å². The fourth-order valence-electron chi connectivity index (χ4n) is 3.05. The Kier molecular flexibility index (Phi) is 7.44. The summed E-state index contributed by atoms with van der Waals surface area (Å²) in [7, 11) is 1.62. The Morgan fingerprint density at radius 1 is 1.06 bits per heavy atom. The molecule has 0 spiro atoms. The number of nitrogens with zero attached hydrogens (tertiary/aromatic N) is 2. The maximum absolute atomic E-state index is 13.1. The van der Waals surface area contributed by atoms with Crippen LogP contribution in [0.4, 0.5) is 5.69 Å². The second kappa shape index (κ2) is 10.1. The molecular formula is C25H30N2O3S. The molecule has 1 amide bonds. The monoisotopic (exact) mass is 438 g/mol. The zero-order valence-electron chi connectivity index (χ0n) is 19.0. The van der Waals surface area contributed by atoms with Crippen LogP contribution >= 0.6 is 11.8 Å². The predicted octanol–water partition coefficient (Wildman–Crippen LogP) is 6.05. The van der Waals surface area contributed by atoms with Crippen LogP contribution in [0.1, 0.15) is 38.8 Å². The number of carbonyl (C=O) groups is 1. The maximum atomic E-state index is 13.1. The lowest BCUT2D eigenvalue weighted by Crippen LogP contribution is -2.35. The summed E-state index contributed by atoms with van der Waals surface area (Å²) in [6, 6.07) is 13.7. The van der Waals surface area contributed by atoms with Crippen LogP contribution in [-0.2, 0) is 4.79 Å². The van der Waals surface area contributed by atoms with Crippen molar-refractivity contribution in [2.75, 3.05) is 13.7 Å².